The molecule has 0 unspecified atom stereocenters. The van der Waals surface area contributed by atoms with E-state index in [1.165, 1.54) is 12.1 Å². The van der Waals surface area contributed by atoms with E-state index in [9.17, 15) is 18.0 Å². The van der Waals surface area contributed by atoms with Gasteiger partial charge in [0, 0.05) is 5.69 Å². The van der Waals surface area contributed by atoms with E-state index in [1.54, 1.807) is 6.92 Å². The fourth-order valence-electron chi connectivity index (χ4n) is 2.49. The quantitative estimate of drug-likeness (QED) is 0.713. The van der Waals surface area contributed by atoms with E-state index >= 15 is 0 Å². The number of halogens is 3. The minimum absolute atomic E-state index is 0.0165. The molecule has 0 spiro atoms. The van der Waals surface area contributed by atoms with Crippen LogP contribution in [-0.4, -0.2) is 12.0 Å². The normalized spacial score (nSPS) is 13.1. The molecule has 1 N–H and O–H groups in total. The lowest BCUT2D eigenvalue weighted by Crippen LogP contribution is -2.32. The molecule has 6 heteroatoms. The van der Waals surface area contributed by atoms with Crippen LogP contribution < -0.4 is 10.1 Å². The van der Waals surface area contributed by atoms with Gasteiger partial charge in [0.25, 0.3) is 5.91 Å². The summed E-state index contributed by atoms with van der Waals surface area (Å²) in [5.41, 5.74) is 0.695. The fourth-order valence-corrected chi connectivity index (χ4v) is 2.49. The van der Waals surface area contributed by atoms with Crippen molar-refractivity contribution in [2.24, 2.45) is 0 Å². The van der Waals surface area contributed by atoms with Crippen molar-refractivity contribution in [1.82, 2.24) is 0 Å². The summed E-state index contributed by atoms with van der Waals surface area (Å²) in [5, 5.41) is 2.60. The molecule has 1 atom stereocenters. The van der Waals surface area contributed by atoms with E-state index in [1.807, 2.05) is 24.3 Å². The lowest BCUT2D eigenvalue weighted by Gasteiger charge is -2.21. The first-order chi connectivity index (χ1) is 12.5. The fraction of sp³-hybridized carbons (Fsp3) is 0.381. The number of hydrogen-bond acceptors (Lipinski definition) is 2. The van der Waals surface area contributed by atoms with Crippen molar-refractivity contribution in [1.29, 1.82) is 0 Å². The van der Waals surface area contributed by atoms with Crippen molar-refractivity contribution in [3.63, 3.8) is 0 Å². The maximum atomic E-state index is 12.6. The second-order valence-electron chi connectivity index (χ2n) is 7.35. The largest absolute Gasteiger partial charge is 0.481 e. The van der Waals surface area contributed by atoms with Crippen LogP contribution in [0.25, 0.3) is 0 Å². The van der Waals surface area contributed by atoms with Crippen LogP contribution in [0, 0.1) is 0 Å². The molecule has 27 heavy (non-hydrogen) atoms. The number of hydrogen-bond donors (Lipinski definition) is 1. The molecule has 0 aliphatic heterocycles. The lowest BCUT2D eigenvalue weighted by molar-refractivity contribution is -0.137. The van der Waals surface area contributed by atoms with E-state index in [0.717, 1.165) is 17.7 Å². The molecule has 0 aliphatic rings. The monoisotopic (exact) mass is 379 g/mol. The highest BCUT2D eigenvalue weighted by Crippen LogP contribution is 2.30. The first kappa shape index (κ1) is 20.8. The summed E-state index contributed by atoms with van der Waals surface area (Å²) in [4.78, 5) is 12.4. The Hall–Kier alpha value is -2.50. The van der Waals surface area contributed by atoms with E-state index in [-0.39, 0.29) is 11.1 Å². The highest BCUT2D eigenvalue weighted by atomic mass is 19.4. The summed E-state index contributed by atoms with van der Waals surface area (Å²) in [6, 6.07) is 11.9. The summed E-state index contributed by atoms with van der Waals surface area (Å²) < 4.78 is 43.6. The molecule has 0 heterocycles. The van der Waals surface area contributed by atoms with Crippen LogP contribution in [0.4, 0.5) is 18.9 Å². The van der Waals surface area contributed by atoms with Gasteiger partial charge in [-0.05, 0) is 53.8 Å². The SMILES string of the molecule is CC[C@H](Oc1ccc(C(C)(C)C)cc1)C(=O)Nc1ccc(C(F)(F)F)cc1. The first-order valence-corrected chi connectivity index (χ1v) is 8.76. The van der Waals surface area contributed by atoms with Gasteiger partial charge in [-0.1, -0.05) is 39.8 Å². The zero-order valence-electron chi connectivity index (χ0n) is 15.9. The molecule has 0 bridgehead atoms. The lowest BCUT2D eigenvalue weighted by atomic mass is 9.87. The zero-order valence-corrected chi connectivity index (χ0v) is 15.9. The third-order valence-electron chi connectivity index (χ3n) is 4.14. The molecular weight excluding hydrogens is 355 g/mol. The Morgan fingerprint density at radius 3 is 1.93 bits per heavy atom. The highest BCUT2D eigenvalue weighted by Gasteiger charge is 2.30. The Balaban J connectivity index is 2.03. The topological polar surface area (TPSA) is 38.3 Å². The number of alkyl halides is 3. The van der Waals surface area contributed by atoms with Gasteiger partial charge in [-0.3, -0.25) is 4.79 Å². The summed E-state index contributed by atoms with van der Waals surface area (Å²) in [6.07, 6.45) is -4.72. The van der Waals surface area contributed by atoms with Crippen molar-refractivity contribution in [2.45, 2.75) is 51.8 Å². The maximum Gasteiger partial charge on any atom is 0.416 e. The van der Waals surface area contributed by atoms with E-state index in [0.29, 0.717) is 12.2 Å². The second kappa shape index (κ2) is 8.03. The molecule has 0 saturated heterocycles. The van der Waals surface area contributed by atoms with Crippen LogP contribution in [0.1, 0.15) is 45.2 Å². The molecule has 3 nitrogen and oxygen atoms in total. The predicted octanol–water partition coefficient (Wildman–Crippen LogP) is 5.80. The van der Waals surface area contributed by atoms with Crippen LogP contribution in [0.3, 0.4) is 0 Å². The van der Waals surface area contributed by atoms with E-state index in [2.05, 4.69) is 26.1 Å². The first-order valence-electron chi connectivity index (χ1n) is 8.76. The third-order valence-corrected chi connectivity index (χ3v) is 4.14. The van der Waals surface area contributed by atoms with Crippen molar-refractivity contribution in [2.75, 3.05) is 5.32 Å². The Bertz CT molecular complexity index is 760. The highest BCUT2D eigenvalue weighted by molar-refractivity contribution is 5.94. The maximum absolute atomic E-state index is 12.6. The second-order valence-corrected chi connectivity index (χ2v) is 7.35. The third kappa shape index (κ3) is 5.74. The predicted molar refractivity (Wildman–Crippen MR) is 99.9 cm³/mol. The number of amides is 1. The molecular formula is C21H24F3NO2. The number of rotatable bonds is 5. The van der Waals surface area contributed by atoms with Crippen molar-refractivity contribution in [3.8, 4) is 5.75 Å². The number of ether oxygens (including phenoxy) is 1. The number of carbonyl (C=O) groups excluding carboxylic acids is 1. The Morgan fingerprint density at radius 1 is 0.963 bits per heavy atom. The number of anilines is 1. The molecule has 146 valence electrons. The summed E-state index contributed by atoms with van der Waals surface area (Å²) in [6.45, 7) is 8.13. The standard InChI is InChI=1S/C21H24F3NO2/c1-5-18(27-17-12-8-14(9-13-17)20(2,3)4)19(26)25-16-10-6-15(7-11-16)21(22,23)24/h6-13,18H,5H2,1-4H3,(H,25,26)/t18-/m0/s1. The average Bonchev–Trinajstić information content (AvgIpc) is 2.59. The Morgan fingerprint density at radius 2 is 1.48 bits per heavy atom. The average molecular weight is 379 g/mol. The molecule has 1 amide bonds. The van der Waals surface area contributed by atoms with E-state index < -0.39 is 23.8 Å². The van der Waals surface area contributed by atoms with Crippen LogP contribution in [0.2, 0.25) is 0 Å². The smallest absolute Gasteiger partial charge is 0.416 e. The van der Waals surface area contributed by atoms with Gasteiger partial charge >= 0.3 is 6.18 Å². The van der Waals surface area contributed by atoms with Gasteiger partial charge < -0.3 is 10.1 Å². The number of benzene rings is 2. The summed E-state index contributed by atoms with van der Waals surface area (Å²) in [7, 11) is 0. The van der Waals surface area contributed by atoms with Gasteiger partial charge in [0.05, 0.1) is 5.56 Å². The van der Waals surface area contributed by atoms with Gasteiger partial charge in [0.15, 0.2) is 6.10 Å². The van der Waals surface area contributed by atoms with Gasteiger partial charge in [-0.2, -0.15) is 13.2 Å². The number of nitrogens with one attached hydrogen (secondary N) is 1. The van der Waals surface area contributed by atoms with Gasteiger partial charge in [-0.25, -0.2) is 0 Å². The summed E-state index contributed by atoms with van der Waals surface area (Å²) in [5.74, 6) is 0.162. The van der Waals surface area contributed by atoms with Crippen molar-refractivity contribution in [3.05, 3.63) is 59.7 Å². The molecule has 0 radical (unpaired) electrons. The molecule has 2 aromatic carbocycles. The van der Waals surface area contributed by atoms with Crippen LogP contribution in [-0.2, 0) is 16.4 Å². The molecule has 0 aliphatic carbocycles. The van der Waals surface area contributed by atoms with Crippen LogP contribution in [0.15, 0.2) is 48.5 Å². The molecule has 0 aromatic heterocycles. The van der Waals surface area contributed by atoms with E-state index in [4.69, 9.17) is 4.74 Å². The summed E-state index contributed by atoms with van der Waals surface area (Å²) >= 11 is 0. The van der Waals surface area contributed by atoms with Crippen molar-refractivity contribution < 1.29 is 22.7 Å². The molecule has 0 saturated carbocycles. The van der Waals surface area contributed by atoms with Gasteiger partial charge in [-0.15, -0.1) is 0 Å². The molecule has 0 fully saturated rings. The van der Waals surface area contributed by atoms with Gasteiger partial charge in [0.1, 0.15) is 5.75 Å². The zero-order chi connectivity index (χ0) is 20.2. The Labute approximate surface area is 157 Å². The molecule has 2 rings (SSSR count). The molecule has 2 aromatic rings. The number of carbonyl (C=O) groups is 1. The van der Waals surface area contributed by atoms with Crippen LogP contribution in [0.5, 0.6) is 5.75 Å². The van der Waals surface area contributed by atoms with Gasteiger partial charge in [0.2, 0.25) is 0 Å². The van der Waals surface area contributed by atoms with Crippen LogP contribution >= 0.6 is 0 Å². The minimum atomic E-state index is -4.41. The Kier molecular flexibility index (Phi) is 6.19. The van der Waals surface area contributed by atoms with Crippen molar-refractivity contribution >= 4 is 11.6 Å². The minimum Gasteiger partial charge on any atom is -0.481 e.